The van der Waals surface area contributed by atoms with E-state index >= 15 is 0 Å². The van der Waals surface area contributed by atoms with Gasteiger partial charge in [0.15, 0.2) is 0 Å². The number of amides is 1. The van der Waals surface area contributed by atoms with E-state index in [1.54, 1.807) is 29.7 Å². The molecule has 0 fully saturated rings. The summed E-state index contributed by atoms with van der Waals surface area (Å²) in [7, 11) is 0. The van der Waals surface area contributed by atoms with Crippen LogP contribution >= 0.6 is 11.3 Å². The molecular weight excluding hydrogens is 284 g/mol. The molecule has 2 aromatic heterocycles. The van der Waals surface area contributed by atoms with Crippen LogP contribution in [0.3, 0.4) is 0 Å². The molecule has 0 bridgehead atoms. The Labute approximate surface area is 126 Å². The average Bonchev–Trinajstić information content (AvgIpc) is 3.00. The lowest BCUT2D eigenvalue weighted by atomic mass is 10.1. The second kappa shape index (κ2) is 5.94. The number of fused-ring (bicyclic) bond motifs is 1. The quantitative estimate of drug-likeness (QED) is 0.941. The van der Waals surface area contributed by atoms with Gasteiger partial charge in [0, 0.05) is 24.2 Å². The van der Waals surface area contributed by atoms with Gasteiger partial charge in [0.1, 0.15) is 11.9 Å². The molecule has 2 aromatic rings. The molecule has 0 saturated heterocycles. The van der Waals surface area contributed by atoms with E-state index in [1.807, 2.05) is 4.90 Å². The summed E-state index contributed by atoms with van der Waals surface area (Å²) >= 11 is 1.75. The number of nitriles is 1. The number of nitrogens with zero attached hydrogens (tertiary/aromatic N) is 3. The Morgan fingerprint density at radius 1 is 1.52 bits per heavy atom. The van der Waals surface area contributed by atoms with Crippen LogP contribution in [0, 0.1) is 11.3 Å². The zero-order chi connectivity index (χ0) is 14.7. The number of anilines is 1. The molecule has 3 heterocycles. The largest absolute Gasteiger partial charge is 0.360 e. The highest BCUT2D eigenvalue weighted by Gasteiger charge is 2.21. The minimum atomic E-state index is 0.0291. The highest BCUT2D eigenvalue weighted by atomic mass is 32.1. The van der Waals surface area contributed by atoms with Crippen molar-refractivity contribution in [2.24, 2.45) is 0 Å². The topological polar surface area (TPSA) is 69.0 Å². The lowest BCUT2D eigenvalue weighted by molar-refractivity contribution is -0.130. The molecular formula is C15H14N4OS. The van der Waals surface area contributed by atoms with Crippen LogP contribution in [-0.2, 0) is 17.8 Å². The molecule has 1 N–H and O–H groups in total. The van der Waals surface area contributed by atoms with Gasteiger partial charge in [0.25, 0.3) is 0 Å². The van der Waals surface area contributed by atoms with Crippen molar-refractivity contribution in [3.8, 4) is 6.07 Å². The van der Waals surface area contributed by atoms with E-state index in [1.165, 1.54) is 10.4 Å². The van der Waals surface area contributed by atoms with Crippen molar-refractivity contribution in [2.45, 2.75) is 13.0 Å². The summed E-state index contributed by atoms with van der Waals surface area (Å²) in [6.07, 6.45) is 2.53. The van der Waals surface area contributed by atoms with Crippen molar-refractivity contribution in [1.29, 1.82) is 5.26 Å². The van der Waals surface area contributed by atoms with E-state index in [9.17, 15) is 4.79 Å². The summed E-state index contributed by atoms with van der Waals surface area (Å²) in [5.74, 6) is 0.489. The summed E-state index contributed by atoms with van der Waals surface area (Å²) in [4.78, 5) is 19.6. The van der Waals surface area contributed by atoms with Gasteiger partial charge in [0.05, 0.1) is 12.1 Å². The molecule has 3 rings (SSSR count). The SMILES string of the molecule is N#Cc1cccnc1NCC(=O)N1CCc2sccc2C1. The fourth-order valence-electron chi connectivity index (χ4n) is 2.37. The fraction of sp³-hybridized carbons (Fsp3) is 0.267. The summed E-state index contributed by atoms with van der Waals surface area (Å²) in [5, 5.41) is 14.0. The lowest BCUT2D eigenvalue weighted by Crippen LogP contribution is -2.38. The van der Waals surface area contributed by atoms with Crippen molar-refractivity contribution in [2.75, 3.05) is 18.4 Å². The number of carbonyl (C=O) groups excluding carboxylic acids is 1. The zero-order valence-corrected chi connectivity index (χ0v) is 12.2. The van der Waals surface area contributed by atoms with E-state index in [-0.39, 0.29) is 12.5 Å². The van der Waals surface area contributed by atoms with Gasteiger partial charge >= 0.3 is 0 Å². The molecule has 0 unspecified atom stereocenters. The maximum Gasteiger partial charge on any atom is 0.242 e. The van der Waals surface area contributed by atoms with Crippen molar-refractivity contribution in [1.82, 2.24) is 9.88 Å². The van der Waals surface area contributed by atoms with Crippen LogP contribution in [-0.4, -0.2) is 28.9 Å². The number of hydrogen-bond acceptors (Lipinski definition) is 5. The first kappa shape index (κ1) is 13.6. The lowest BCUT2D eigenvalue weighted by Gasteiger charge is -2.27. The maximum atomic E-state index is 12.3. The summed E-state index contributed by atoms with van der Waals surface area (Å²) in [5.41, 5.74) is 1.69. The molecule has 6 heteroatoms. The van der Waals surface area contributed by atoms with Gasteiger partial charge in [-0.1, -0.05) is 0 Å². The Morgan fingerprint density at radius 3 is 3.29 bits per heavy atom. The molecule has 0 aliphatic carbocycles. The minimum Gasteiger partial charge on any atom is -0.360 e. The molecule has 106 valence electrons. The maximum absolute atomic E-state index is 12.3. The monoisotopic (exact) mass is 298 g/mol. The molecule has 1 aliphatic heterocycles. The minimum absolute atomic E-state index is 0.0291. The van der Waals surface area contributed by atoms with Gasteiger partial charge in [-0.05, 0) is 35.6 Å². The first-order chi connectivity index (χ1) is 10.3. The number of hydrogen-bond donors (Lipinski definition) is 1. The van der Waals surface area contributed by atoms with Crippen LogP contribution in [0.5, 0.6) is 0 Å². The smallest absolute Gasteiger partial charge is 0.242 e. The highest BCUT2D eigenvalue weighted by molar-refractivity contribution is 7.10. The van der Waals surface area contributed by atoms with Crippen LogP contribution < -0.4 is 5.32 Å². The molecule has 0 spiro atoms. The molecule has 0 atom stereocenters. The Bertz CT molecular complexity index is 704. The molecule has 0 saturated carbocycles. The first-order valence-electron chi connectivity index (χ1n) is 6.70. The Kier molecular flexibility index (Phi) is 3.84. The zero-order valence-electron chi connectivity index (χ0n) is 11.4. The van der Waals surface area contributed by atoms with Crippen molar-refractivity contribution < 1.29 is 4.79 Å². The standard InChI is InChI=1S/C15H14N4OS/c16-8-11-2-1-5-17-15(11)18-9-14(20)19-6-3-13-12(10-19)4-7-21-13/h1-2,4-5,7H,3,6,9-10H2,(H,17,18). The number of carbonyl (C=O) groups is 1. The Balaban J connectivity index is 1.62. The Hall–Kier alpha value is -2.39. The molecule has 1 amide bonds. The van der Waals surface area contributed by atoms with E-state index in [0.717, 1.165) is 13.0 Å². The van der Waals surface area contributed by atoms with Gasteiger partial charge in [-0.15, -0.1) is 11.3 Å². The number of pyridine rings is 1. The van der Waals surface area contributed by atoms with Crippen LogP contribution in [0.1, 0.15) is 16.0 Å². The second-order valence-electron chi connectivity index (χ2n) is 4.80. The van der Waals surface area contributed by atoms with Gasteiger partial charge in [-0.2, -0.15) is 5.26 Å². The molecule has 0 radical (unpaired) electrons. The van der Waals surface area contributed by atoms with Crippen molar-refractivity contribution in [3.63, 3.8) is 0 Å². The highest BCUT2D eigenvalue weighted by Crippen LogP contribution is 2.24. The Morgan fingerprint density at radius 2 is 2.43 bits per heavy atom. The van der Waals surface area contributed by atoms with E-state index in [4.69, 9.17) is 5.26 Å². The molecule has 21 heavy (non-hydrogen) atoms. The van der Waals surface area contributed by atoms with Crippen LogP contribution in [0.2, 0.25) is 0 Å². The summed E-state index contributed by atoms with van der Waals surface area (Å²) in [6, 6.07) is 7.52. The molecule has 1 aliphatic rings. The third-order valence-corrected chi connectivity index (χ3v) is 4.52. The van der Waals surface area contributed by atoms with Crippen LogP contribution in [0.4, 0.5) is 5.82 Å². The van der Waals surface area contributed by atoms with Crippen molar-refractivity contribution in [3.05, 3.63) is 45.8 Å². The predicted octanol–water partition coefficient (Wildman–Crippen LogP) is 2.01. The summed E-state index contributed by atoms with van der Waals surface area (Å²) < 4.78 is 0. The van der Waals surface area contributed by atoms with Gasteiger partial charge in [-0.25, -0.2) is 4.98 Å². The van der Waals surface area contributed by atoms with Crippen LogP contribution in [0.15, 0.2) is 29.8 Å². The number of nitrogens with one attached hydrogen (secondary N) is 1. The normalized spacial score (nSPS) is 13.4. The number of thiophene rings is 1. The molecule has 0 aromatic carbocycles. The van der Waals surface area contributed by atoms with Crippen molar-refractivity contribution >= 4 is 23.1 Å². The van der Waals surface area contributed by atoms with Gasteiger partial charge in [0.2, 0.25) is 5.91 Å². The number of rotatable bonds is 3. The predicted molar refractivity (Wildman–Crippen MR) is 80.9 cm³/mol. The second-order valence-corrected chi connectivity index (χ2v) is 5.80. The van der Waals surface area contributed by atoms with E-state index in [0.29, 0.717) is 17.9 Å². The fourth-order valence-corrected chi connectivity index (χ4v) is 3.26. The average molecular weight is 298 g/mol. The van der Waals surface area contributed by atoms with E-state index in [2.05, 4.69) is 27.8 Å². The van der Waals surface area contributed by atoms with Crippen LogP contribution in [0.25, 0.3) is 0 Å². The number of aromatic nitrogens is 1. The molecule has 5 nitrogen and oxygen atoms in total. The van der Waals surface area contributed by atoms with Gasteiger partial charge in [-0.3, -0.25) is 4.79 Å². The third kappa shape index (κ3) is 2.88. The summed E-state index contributed by atoms with van der Waals surface area (Å²) in [6.45, 7) is 1.58. The third-order valence-electron chi connectivity index (χ3n) is 3.50. The van der Waals surface area contributed by atoms with Gasteiger partial charge < -0.3 is 10.2 Å². The van der Waals surface area contributed by atoms with E-state index < -0.39 is 0 Å². The first-order valence-corrected chi connectivity index (χ1v) is 7.58.